The summed E-state index contributed by atoms with van der Waals surface area (Å²) in [6.07, 6.45) is 7.01. The van der Waals surface area contributed by atoms with Gasteiger partial charge in [-0.25, -0.2) is 8.78 Å². The average molecular weight is 641 g/mol. The van der Waals surface area contributed by atoms with E-state index in [9.17, 15) is 13.9 Å². The first kappa shape index (κ1) is 27.0. The highest BCUT2D eigenvalue weighted by molar-refractivity contribution is 9.10. The molecule has 0 spiro atoms. The Balaban J connectivity index is 1.16. The molecule has 6 heterocycles. The number of nitrogens with one attached hydrogen (secondary N) is 1. The fourth-order valence-electron chi connectivity index (χ4n) is 8.58. The number of phenolic OH excluding ortho intramolecular Hbond substituents is 1. The topological polar surface area (TPSA) is 73.8 Å². The number of hydrogen-bond acceptors (Lipinski definition) is 7. The van der Waals surface area contributed by atoms with E-state index >= 15 is 0 Å². The molecular weight excluding hydrogens is 604 g/mol. The summed E-state index contributed by atoms with van der Waals surface area (Å²) in [6, 6.07) is 7.93. The Bertz CT molecular complexity index is 1550. The van der Waals surface area contributed by atoms with Crippen molar-refractivity contribution in [3.63, 3.8) is 0 Å². The zero-order valence-electron chi connectivity index (χ0n) is 23.6. The predicted octanol–water partition coefficient (Wildman–Crippen LogP) is 5.75. The van der Waals surface area contributed by atoms with Gasteiger partial charge >= 0.3 is 6.01 Å². The lowest BCUT2D eigenvalue weighted by atomic mass is 9.85. The van der Waals surface area contributed by atoms with E-state index < -0.39 is 6.17 Å². The van der Waals surface area contributed by atoms with Gasteiger partial charge < -0.3 is 20.1 Å². The molecule has 5 atom stereocenters. The second-order valence-corrected chi connectivity index (χ2v) is 13.9. The molecule has 4 fully saturated rings. The van der Waals surface area contributed by atoms with Gasteiger partial charge in [-0.15, -0.1) is 0 Å². The Morgan fingerprint density at radius 2 is 1.98 bits per heavy atom. The fraction of sp³-hybridized carbons (Fsp3) is 0.562. The van der Waals surface area contributed by atoms with Crippen LogP contribution in [0, 0.1) is 5.82 Å². The Hall–Kier alpha value is -2.56. The van der Waals surface area contributed by atoms with Crippen molar-refractivity contribution in [2.24, 2.45) is 0 Å². The minimum Gasteiger partial charge on any atom is -0.508 e. The number of ether oxygens (including phenoxy) is 1. The van der Waals surface area contributed by atoms with Gasteiger partial charge in [-0.05, 0) is 90.5 Å². The van der Waals surface area contributed by atoms with Crippen LogP contribution in [-0.2, 0) is 13.0 Å². The van der Waals surface area contributed by atoms with Gasteiger partial charge in [-0.2, -0.15) is 9.97 Å². The van der Waals surface area contributed by atoms with E-state index in [0.29, 0.717) is 61.1 Å². The van der Waals surface area contributed by atoms with Gasteiger partial charge in [-0.1, -0.05) is 6.07 Å². The number of piperidine rings is 1. The highest BCUT2D eigenvalue weighted by Crippen LogP contribution is 2.44. The minimum absolute atomic E-state index is 0.141. The van der Waals surface area contributed by atoms with Gasteiger partial charge in [0.25, 0.3) is 0 Å². The summed E-state index contributed by atoms with van der Waals surface area (Å²) in [5.41, 5.74) is 3.73. The molecule has 222 valence electrons. The molecule has 3 aromatic rings. The number of rotatable bonds is 5. The highest BCUT2D eigenvalue weighted by Gasteiger charge is 2.49. The molecule has 7 nitrogen and oxygen atoms in total. The predicted molar refractivity (Wildman–Crippen MR) is 161 cm³/mol. The summed E-state index contributed by atoms with van der Waals surface area (Å²) in [5, 5.41) is 15.8. The second kappa shape index (κ2) is 10.3. The molecule has 0 aliphatic carbocycles. The number of aromatic hydroxyl groups is 1. The number of aromatic nitrogens is 2. The minimum atomic E-state index is -0.811. The number of nitrogens with zero attached hydrogens (tertiary/aromatic N) is 4. The Morgan fingerprint density at radius 3 is 2.81 bits per heavy atom. The maximum atomic E-state index is 14.6. The van der Waals surface area contributed by atoms with Crippen molar-refractivity contribution in [1.82, 2.24) is 20.2 Å². The van der Waals surface area contributed by atoms with Crippen molar-refractivity contribution in [2.75, 3.05) is 31.1 Å². The summed E-state index contributed by atoms with van der Waals surface area (Å²) in [4.78, 5) is 14.5. The highest BCUT2D eigenvalue weighted by atomic mass is 79.9. The van der Waals surface area contributed by atoms with Crippen LogP contribution in [0.1, 0.15) is 67.8 Å². The molecule has 1 aromatic heterocycles. The number of alkyl halides is 1. The van der Waals surface area contributed by atoms with Crippen molar-refractivity contribution in [2.45, 2.75) is 87.6 Å². The normalized spacial score (nSPS) is 30.6. The van der Waals surface area contributed by atoms with Gasteiger partial charge in [0.15, 0.2) is 0 Å². The van der Waals surface area contributed by atoms with Crippen LogP contribution in [0.4, 0.5) is 14.5 Å². The number of hydrogen-bond donors (Lipinski definition) is 2. The van der Waals surface area contributed by atoms with Gasteiger partial charge in [0, 0.05) is 54.7 Å². The second-order valence-electron chi connectivity index (χ2n) is 13.1. The number of halogens is 3. The van der Waals surface area contributed by atoms with Gasteiger partial charge in [0.05, 0.1) is 27.9 Å². The number of anilines is 1. The Morgan fingerprint density at radius 1 is 1.14 bits per heavy atom. The summed E-state index contributed by atoms with van der Waals surface area (Å²) >= 11 is 3.46. The third kappa shape index (κ3) is 4.56. The first-order valence-corrected chi connectivity index (χ1v) is 16.2. The molecule has 0 saturated carbocycles. The lowest BCUT2D eigenvalue weighted by Gasteiger charge is -2.35. The van der Waals surface area contributed by atoms with Crippen molar-refractivity contribution in [3.8, 4) is 11.8 Å². The van der Waals surface area contributed by atoms with E-state index in [1.807, 2.05) is 0 Å². The van der Waals surface area contributed by atoms with Gasteiger partial charge in [-0.3, -0.25) is 4.90 Å². The molecule has 2 bridgehead atoms. The first-order valence-electron chi connectivity index (χ1n) is 15.4. The number of phenols is 1. The van der Waals surface area contributed by atoms with Crippen molar-refractivity contribution >= 4 is 32.4 Å². The van der Waals surface area contributed by atoms with Crippen LogP contribution in [0.2, 0.25) is 0 Å². The average Bonchev–Trinajstić information content (AvgIpc) is 3.63. The molecule has 5 aliphatic rings. The van der Waals surface area contributed by atoms with Gasteiger partial charge in [0.2, 0.25) is 0 Å². The summed E-state index contributed by atoms with van der Waals surface area (Å²) in [5.74, 6) is 0.153. The van der Waals surface area contributed by atoms with Crippen LogP contribution in [0.5, 0.6) is 11.8 Å². The van der Waals surface area contributed by atoms with Crippen molar-refractivity contribution < 1.29 is 18.6 Å². The smallest absolute Gasteiger partial charge is 0.316 e. The fourth-order valence-corrected chi connectivity index (χ4v) is 9.15. The molecule has 0 unspecified atom stereocenters. The summed E-state index contributed by atoms with van der Waals surface area (Å²) in [6.45, 7) is 3.01. The van der Waals surface area contributed by atoms with Crippen LogP contribution >= 0.6 is 15.9 Å². The molecular formula is C32H36BrF2N5O2. The molecule has 10 heteroatoms. The molecule has 4 saturated heterocycles. The van der Waals surface area contributed by atoms with Crippen LogP contribution in [-0.4, -0.2) is 70.0 Å². The Kier molecular flexibility index (Phi) is 6.61. The van der Waals surface area contributed by atoms with Gasteiger partial charge in [0.1, 0.15) is 24.3 Å². The quantitative estimate of drug-likeness (QED) is 0.368. The van der Waals surface area contributed by atoms with Crippen LogP contribution in [0.25, 0.3) is 10.8 Å². The van der Waals surface area contributed by atoms with Crippen molar-refractivity contribution in [1.29, 1.82) is 0 Å². The van der Waals surface area contributed by atoms with E-state index in [-0.39, 0.29) is 17.1 Å². The summed E-state index contributed by atoms with van der Waals surface area (Å²) in [7, 11) is 0. The first-order chi connectivity index (χ1) is 20.3. The third-order valence-electron chi connectivity index (χ3n) is 10.5. The molecule has 0 amide bonds. The standard InChI is InChI=1S/C32H36BrF2N5O2/c33-29-25(35)5-2-18-12-23(41)13-27(28(18)29)39-9-6-24-26(16-39)37-31(38-30(24)19-10-21-3-4-22(11-19)36-21)42-17-32-7-1-8-40(32)15-20(34)14-32/h2,5,12-13,19-22,36,41H,1,3-4,6-11,14-17H2/t19-,20-,21+,22-,32+/m1/s1. The third-order valence-corrected chi connectivity index (χ3v) is 11.3. The molecule has 42 heavy (non-hydrogen) atoms. The van der Waals surface area contributed by atoms with Crippen LogP contribution < -0.4 is 15.0 Å². The van der Waals surface area contributed by atoms with Crippen LogP contribution in [0.3, 0.4) is 0 Å². The Labute approximate surface area is 252 Å². The van der Waals surface area contributed by atoms with E-state index in [2.05, 4.69) is 31.0 Å². The van der Waals surface area contributed by atoms with E-state index in [4.69, 9.17) is 14.7 Å². The van der Waals surface area contributed by atoms with E-state index in [0.717, 1.165) is 66.5 Å². The van der Waals surface area contributed by atoms with E-state index in [1.54, 1.807) is 18.2 Å². The largest absolute Gasteiger partial charge is 0.508 e. The molecule has 8 rings (SSSR count). The maximum Gasteiger partial charge on any atom is 0.316 e. The molecule has 0 radical (unpaired) electrons. The lowest BCUT2D eigenvalue weighted by Crippen LogP contribution is -2.43. The summed E-state index contributed by atoms with van der Waals surface area (Å²) < 4.78 is 35.9. The molecule has 2 N–H and O–H groups in total. The zero-order chi connectivity index (χ0) is 28.6. The number of benzene rings is 2. The van der Waals surface area contributed by atoms with E-state index in [1.165, 1.54) is 24.5 Å². The molecule has 2 aromatic carbocycles. The van der Waals surface area contributed by atoms with Crippen molar-refractivity contribution in [3.05, 3.63) is 51.5 Å². The lowest BCUT2D eigenvalue weighted by molar-refractivity contribution is 0.106. The monoisotopic (exact) mass is 639 g/mol. The maximum absolute atomic E-state index is 14.6. The van der Waals surface area contributed by atoms with Crippen LogP contribution in [0.15, 0.2) is 28.7 Å². The SMILES string of the molecule is Oc1cc(N2CCc3c(nc(OC[C@@]45CCCN4C[C@H](F)C5)nc3[C@H]3C[C@H]4CC[C@@H](C3)N4)C2)c2c(Br)c(F)ccc2c1. The number of fused-ring (bicyclic) bond motifs is 5. The molecule has 5 aliphatic heterocycles. The zero-order valence-corrected chi connectivity index (χ0v) is 25.2.